The van der Waals surface area contributed by atoms with Crippen LogP contribution in [0.5, 0.6) is 0 Å². The van der Waals surface area contributed by atoms with Crippen molar-refractivity contribution >= 4 is 32.9 Å². The summed E-state index contributed by atoms with van der Waals surface area (Å²) >= 11 is 0. The number of anilines is 2. The first-order valence-corrected chi connectivity index (χ1v) is 21.7. The molecule has 1 unspecified atom stereocenters. The van der Waals surface area contributed by atoms with Crippen molar-refractivity contribution in [3.05, 3.63) is 118 Å². The second-order valence-corrected chi connectivity index (χ2v) is 17.0. The molecular formula is C52H72N2O2. The van der Waals surface area contributed by atoms with Gasteiger partial charge in [0.1, 0.15) is 0 Å². The molecule has 2 aliphatic heterocycles. The van der Waals surface area contributed by atoms with Gasteiger partial charge < -0.3 is 19.3 Å². The third-order valence-corrected chi connectivity index (χ3v) is 12.0. The second-order valence-electron chi connectivity index (χ2n) is 17.0. The summed E-state index contributed by atoms with van der Waals surface area (Å²) < 4.78 is 10.3. The van der Waals surface area contributed by atoms with Crippen molar-refractivity contribution in [3.8, 4) is 0 Å². The van der Waals surface area contributed by atoms with Gasteiger partial charge in [-0.25, -0.2) is 0 Å². The summed E-state index contributed by atoms with van der Waals surface area (Å²) in [6, 6.07) is 22.9. The maximum absolute atomic E-state index is 5.45. The van der Waals surface area contributed by atoms with Crippen molar-refractivity contribution in [2.24, 2.45) is 0 Å². The molecule has 8 rings (SSSR count). The number of rotatable bonds is 9. The summed E-state index contributed by atoms with van der Waals surface area (Å²) in [4.78, 5) is 5.10. The fraction of sp³-hybridized carbons (Fsp3) is 0.500. The maximum atomic E-state index is 5.45. The van der Waals surface area contributed by atoms with Gasteiger partial charge in [-0.3, -0.25) is 0 Å². The van der Waals surface area contributed by atoms with Crippen LogP contribution in [0.2, 0.25) is 0 Å². The standard InChI is InChI=1S/C25H31NO.C21H27N.C4H8O.C2H6/c1-6-7-14-26-21-12-10-18-9-8-17(2)15-20(18)24(21)25(3,4)23(26)13-11-19-16-22(19)27-5;1-6-8-13-22-18-12-11-16-10-9-15(3)14-17(16)20(18)21(4,5)19(22)7-2;1-5-4-2-3-4;1-2/h8-13,15,22H,6-7,14,16H2,1-5H3;7,9-12,14H,6,8,13H2,1-5H3;4H,2-3H2,1H3;1-2H3/b19-11?,23-13+;19-7+;;. The number of unbranched alkanes of at least 4 members (excludes halogenated alkanes) is 2. The molecule has 2 heterocycles. The number of ether oxygens (including phenoxy) is 2. The van der Waals surface area contributed by atoms with Gasteiger partial charge in [-0.05, 0) is 103 Å². The monoisotopic (exact) mass is 757 g/mol. The predicted molar refractivity (Wildman–Crippen MR) is 245 cm³/mol. The minimum absolute atomic E-state index is 0.00903. The van der Waals surface area contributed by atoms with E-state index in [1.165, 1.54) is 111 Å². The minimum atomic E-state index is -0.00903. The van der Waals surface area contributed by atoms with E-state index in [4.69, 9.17) is 9.47 Å². The lowest BCUT2D eigenvalue weighted by Gasteiger charge is -2.27. The molecule has 4 heteroatoms. The first-order valence-electron chi connectivity index (χ1n) is 21.7. The van der Waals surface area contributed by atoms with Gasteiger partial charge in [0.15, 0.2) is 0 Å². The van der Waals surface area contributed by atoms with E-state index in [-0.39, 0.29) is 10.8 Å². The average molecular weight is 757 g/mol. The topological polar surface area (TPSA) is 24.9 Å². The smallest absolute Gasteiger partial charge is 0.0823 e. The summed E-state index contributed by atoms with van der Waals surface area (Å²) in [5.41, 5.74) is 12.8. The van der Waals surface area contributed by atoms with Gasteiger partial charge in [0.05, 0.1) is 12.2 Å². The van der Waals surface area contributed by atoms with E-state index in [9.17, 15) is 0 Å². The average Bonchev–Trinajstić information content (AvgIpc) is 4.13. The third kappa shape index (κ3) is 8.98. The van der Waals surface area contributed by atoms with Crippen molar-refractivity contribution in [3.63, 3.8) is 0 Å². The molecule has 2 fully saturated rings. The molecular weight excluding hydrogens is 685 g/mol. The molecule has 0 aromatic heterocycles. The molecule has 4 nitrogen and oxygen atoms in total. The van der Waals surface area contributed by atoms with E-state index in [1.54, 1.807) is 14.2 Å². The number of nitrogens with zero attached hydrogens (tertiary/aromatic N) is 2. The van der Waals surface area contributed by atoms with Crippen molar-refractivity contribution in [2.75, 3.05) is 37.1 Å². The highest BCUT2D eigenvalue weighted by Crippen LogP contribution is 2.52. The van der Waals surface area contributed by atoms with E-state index >= 15 is 0 Å². The highest BCUT2D eigenvalue weighted by Gasteiger charge is 2.42. The van der Waals surface area contributed by atoms with E-state index in [1.807, 2.05) is 13.8 Å². The highest BCUT2D eigenvalue weighted by molar-refractivity contribution is 5.96. The van der Waals surface area contributed by atoms with Gasteiger partial charge in [0, 0.05) is 67.3 Å². The van der Waals surface area contributed by atoms with Gasteiger partial charge in [-0.15, -0.1) is 0 Å². The van der Waals surface area contributed by atoms with Crippen molar-refractivity contribution < 1.29 is 9.47 Å². The maximum Gasteiger partial charge on any atom is 0.0823 e. The molecule has 0 bridgehead atoms. The quantitative estimate of drug-likeness (QED) is 0.170. The molecule has 2 aliphatic carbocycles. The largest absolute Gasteiger partial charge is 0.381 e. The van der Waals surface area contributed by atoms with Gasteiger partial charge in [0.2, 0.25) is 0 Å². The Morgan fingerprint density at radius 3 is 1.52 bits per heavy atom. The molecule has 1 atom stereocenters. The Kier molecular flexibility index (Phi) is 14.4. The molecule has 56 heavy (non-hydrogen) atoms. The van der Waals surface area contributed by atoms with Crippen LogP contribution in [0, 0.1) is 13.8 Å². The molecule has 0 spiro atoms. The highest BCUT2D eigenvalue weighted by atomic mass is 16.5. The van der Waals surface area contributed by atoms with E-state index in [0.717, 1.165) is 19.5 Å². The number of allylic oxidation sites excluding steroid dienone is 5. The Hall–Kier alpha value is -3.86. The summed E-state index contributed by atoms with van der Waals surface area (Å²) in [5, 5.41) is 5.51. The minimum Gasteiger partial charge on any atom is -0.381 e. The summed E-state index contributed by atoms with van der Waals surface area (Å²) in [7, 11) is 3.56. The lowest BCUT2D eigenvalue weighted by molar-refractivity contribution is 0.183. The van der Waals surface area contributed by atoms with E-state index in [2.05, 4.69) is 151 Å². The number of hydrogen-bond donors (Lipinski definition) is 0. The number of aryl methyl sites for hydroxylation is 2. The molecule has 0 N–H and O–H groups in total. The Bertz CT molecular complexity index is 2060. The van der Waals surface area contributed by atoms with Gasteiger partial charge in [0.25, 0.3) is 0 Å². The lowest BCUT2D eigenvalue weighted by atomic mass is 9.81. The SMILES string of the molecule is C/C=C1/N(CCCC)c2ccc3ccc(C)cc3c2C1(C)C.CC.CCCCN1/C(=C/C=C2CC2OC)C(C)(C)c2c1ccc1ccc(C)cc21.COC1CC1. The third-order valence-electron chi connectivity index (χ3n) is 12.0. The zero-order valence-corrected chi connectivity index (χ0v) is 37.2. The Labute approximate surface area is 340 Å². The summed E-state index contributed by atoms with van der Waals surface area (Å²) in [6.45, 7) is 26.8. The van der Waals surface area contributed by atoms with Gasteiger partial charge >= 0.3 is 0 Å². The van der Waals surface area contributed by atoms with Crippen LogP contribution in [0.25, 0.3) is 21.5 Å². The van der Waals surface area contributed by atoms with Crippen LogP contribution in [-0.4, -0.2) is 39.5 Å². The molecule has 4 aromatic rings. The van der Waals surface area contributed by atoms with Crippen molar-refractivity contribution in [1.29, 1.82) is 0 Å². The van der Waals surface area contributed by atoms with Crippen LogP contribution >= 0.6 is 0 Å². The second kappa shape index (κ2) is 18.6. The van der Waals surface area contributed by atoms with Crippen molar-refractivity contribution in [1.82, 2.24) is 0 Å². The summed E-state index contributed by atoms with van der Waals surface area (Å²) in [5.74, 6) is 0. The first kappa shape index (κ1) is 43.3. The molecule has 4 aliphatic rings. The zero-order valence-electron chi connectivity index (χ0n) is 37.2. The molecule has 0 saturated heterocycles. The molecule has 302 valence electrons. The van der Waals surface area contributed by atoms with E-state index in [0.29, 0.717) is 12.2 Å². The number of fused-ring (bicyclic) bond motifs is 6. The van der Waals surface area contributed by atoms with Crippen LogP contribution in [-0.2, 0) is 20.3 Å². The van der Waals surface area contributed by atoms with Crippen molar-refractivity contribution in [2.45, 2.75) is 144 Å². The Morgan fingerprint density at radius 2 is 1.12 bits per heavy atom. The number of benzene rings is 4. The lowest BCUT2D eigenvalue weighted by Crippen LogP contribution is -2.27. The molecule has 4 aromatic carbocycles. The number of hydrogen-bond acceptors (Lipinski definition) is 4. The fourth-order valence-electron chi connectivity index (χ4n) is 8.78. The van der Waals surface area contributed by atoms with Crippen LogP contribution < -0.4 is 9.80 Å². The van der Waals surface area contributed by atoms with Crippen LogP contribution in [0.3, 0.4) is 0 Å². The van der Waals surface area contributed by atoms with Gasteiger partial charge in [-0.1, -0.05) is 140 Å². The van der Waals surface area contributed by atoms with Gasteiger partial charge in [-0.2, -0.15) is 0 Å². The first-order chi connectivity index (χ1) is 26.9. The Morgan fingerprint density at radius 1 is 0.661 bits per heavy atom. The molecule has 2 saturated carbocycles. The number of methoxy groups -OCH3 is 2. The zero-order chi connectivity index (χ0) is 40.8. The molecule has 0 amide bonds. The van der Waals surface area contributed by atoms with Crippen LogP contribution in [0.4, 0.5) is 11.4 Å². The predicted octanol–water partition coefficient (Wildman–Crippen LogP) is 14.0. The van der Waals surface area contributed by atoms with Crippen LogP contribution in [0.1, 0.15) is 130 Å². The molecule has 0 radical (unpaired) electrons. The summed E-state index contributed by atoms with van der Waals surface area (Å²) in [6.07, 6.45) is 16.4. The van der Waals surface area contributed by atoms with E-state index < -0.39 is 0 Å². The van der Waals surface area contributed by atoms with Crippen LogP contribution in [0.15, 0.2) is 95.9 Å². The Balaban J connectivity index is 0.000000186. The normalized spacial score (nSPS) is 20.7. The fourth-order valence-corrected chi connectivity index (χ4v) is 8.78.